The van der Waals surface area contributed by atoms with Gasteiger partial charge in [0.05, 0.1) is 6.10 Å². The molecule has 2 nitrogen and oxygen atoms in total. The number of benzene rings is 2. The Labute approximate surface area is 118 Å². The average molecular weight is 274 g/mol. The second-order valence-electron chi connectivity index (χ2n) is 4.79. The van der Waals surface area contributed by atoms with Crippen LogP contribution >= 0.6 is 0 Å². The van der Waals surface area contributed by atoms with Gasteiger partial charge in [-0.05, 0) is 41.8 Å². The molecule has 0 aliphatic heterocycles. The zero-order chi connectivity index (χ0) is 14.4. The predicted molar refractivity (Wildman–Crippen MR) is 77.0 cm³/mol. The molecule has 1 unspecified atom stereocenters. The fourth-order valence-electron chi connectivity index (χ4n) is 1.97. The van der Waals surface area contributed by atoms with Crippen LogP contribution in [0.25, 0.3) is 0 Å². The fraction of sp³-hybridized carbons (Fsp3) is 0.294. The van der Waals surface area contributed by atoms with E-state index < -0.39 is 6.10 Å². The van der Waals surface area contributed by atoms with Crippen LogP contribution in [0.3, 0.4) is 0 Å². The summed E-state index contributed by atoms with van der Waals surface area (Å²) in [6.07, 6.45) is 1.30. The van der Waals surface area contributed by atoms with Gasteiger partial charge in [0, 0.05) is 0 Å². The lowest BCUT2D eigenvalue weighted by molar-refractivity contribution is 0.166. The van der Waals surface area contributed by atoms with Crippen LogP contribution in [0, 0.1) is 5.82 Å². The smallest absolute Gasteiger partial charge is 0.123 e. The molecule has 2 aromatic carbocycles. The molecule has 0 saturated carbocycles. The van der Waals surface area contributed by atoms with Gasteiger partial charge in [0.25, 0.3) is 0 Å². The van der Waals surface area contributed by atoms with Gasteiger partial charge < -0.3 is 9.84 Å². The lowest BCUT2D eigenvalue weighted by Crippen LogP contribution is -1.98. The summed E-state index contributed by atoms with van der Waals surface area (Å²) in [5, 5.41) is 9.87. The first-order valence-corrected chi connectivity index (χ1v) is 6.84. The molecule has 0 spiro atoms. The topological polar surface area (TPSA) is 29.5 Å². The van der Waals surface area contributed by atoms with Gasteiger partial charge in [-0.1, -0.05) is 37.6 Å². The van der Waals surface area contributed by atoms with Crippen molar-refractivity contribution < 1.29 is 14.2 Å². The number of halogens is 1. The Balaban J connectivity index is 1.92. The quantitative estimate of drug-likeness (QED) is 0.853. The van der Waals surface area contributed by atoms with E-state index in [1.807, 2.05) is 31.2 Å². The van der Waals surface area contributed by atoms with Crippen molar-refractivity contribution >= 4 is 0 Å². The molecule has 20 heavy (non-hydrogen) atoms. The van der Waals surface area contributed by atoms with Crippen LogP contribution in [0.15, 0.2) is 48.5 Å². The Bertz CT molecular complexity index is 520. The second kappa shape index (κ2) is 7.06. The largest absolute Gasteiger partial charge is 0.489 e. The zero-order valence-electron chi connectivity index (χ0n) is 11.6. The lowest BCUT2D eigenvalue weighted by atomic mass is 10.1. The molecule has 0 heterocycles. The Morgan fingerprint density at radius 2 is 1.70 bits per heavy atom. The third-order valence-electron chi connectivity index (χ3n) is 3.15. The van der Waals surface area contributed by atoms with Gasteiger partial charge in [-0.3, -0.25) is 0 Å². The van der Waals surface area contributed by atoms with Gasteiger partial charge in [0.1, 0.15) is 18.2 Å². The highest BCUT2D eigenvalue weighted by atomic mass is 19.1. The van der Waals surface area contributed by atoms with Crippen LogP contribution in [0.1, 0.15) is 37.0 Å². The number of hydrogen-bond donors (Lipinski definition) is 1. The van der Waals surface area contributed by atoms with Gasteiger partial charge >= 0.3 is 0 Å². The minimum atomic E-state index is -0.411. The van der Waals surface area contributed by atoms with Gasteiger partial charge in [-0.25, -0.2) is 4.39 Å². The third-order valence-corrected chi connectivity index (χ3v) is 3.15. The van der Waals surface area contributed by atoms with Crippen LogP contribution in [-0.2, 0) is 6.61 Å². The Morgan fingerprint density at radius 1 is 1.05 bits per heavy atom. The highest BCUT2D eigenvalue weighted by molar-refractivity contribution is 5.29. The van der Waals surface area contributed by atoms with E-state index in [1.165, 1.54) is 12.1 Å². The van der Waals surface area contributed by atoms with Crippen molar-refractivity contribution in [3.63, 3.8) is 0 Å². The van der Waals surface area contributed by atoms with E-state index in [4.69, 9.17) is 4.74 Å². The van der Waals surface area contributed by atoms with Crippen molar-refractivity contribution in [3.05, 3.63) is 65.5 Å². The van der Waals surface area contributed by atoms with Crippen molar-refractivity contribution in [3.8, 4) is 5.75 Å². The molecule has 0 bridgehead atoms. The molecule has 2 rings (SSSR count). The summed E-state index contributed by atoms with van der Waals surface area (Å²) >= 11 is 0. The SMILES string of the molecule is CCCC(O)c1ccc(OCc2ccc(F)cc2)cc1. The molecule has 3 heteroatoms. The van der Waals surface area contributed by atoms with Crippen LogP contribution < -0.4 is 4.74 Å². The number of rotatable bonds is 6. The molecule has 1 atom stereocenters. The minimum Gasteiger partial charge on any atom is -0.489 e. The molecule has 0 radical (unpaired) electrons. The van der Waals surface area contributed by atoms with Crippen molar-refractivity contribution in [2.45, 2.75) is 32.5 Å². The first-order chi connectivity index (χ1) is 9.69. The Kier molecular flexibility index (Phi) is 5.13. The summed E-state index contributed by atoms with van der Waals surface area (Å²) < 4.78 is 18.4. The Morgan fingerprint density at radius 3 is 2.30 bits per heavy atom. The van der Waals surface area contributed by atoms with Crippen molar-refractivity contribution in [1.82, 2.24) is 0 Å². The van der Waals surface area contributed by atoms with E-state index in [0.717, 1.165) is 29.7 Å². The van der Waals surface area contributed by atoms with E-state index in [1.54, 1.807) is 12.1 Å². The normalized spacial score (nSPS) is 12.2. The van der Waals surface area contributed by atoms with Gasteiger partial charge in [-0.15, -0.1) is 0 Å². The van der Waals surface area contributed by atoms with E-state index in [2.05, 4.69) is 0 Å². The second-order valence-corrected chi connectivity index (χ2v) is 4.79. The summed E-state index contributed by atoms with van der Waals surface area (Å²) in [6.45, 7) is 2.44. The van der Waals surface area contributed by atoms with Crippen LogP contribution in [0.5, 0.6) is 5.75 Å². The predicted octanol–water partition coefficient (Wildman–Crippen LogP) is 4.24. The number of aliphatic hydroxyl groups excluding tert-OH is 1. The van der Waals surface area contributed by atoms with Crippen LogP contribution in [-0.4, -0.2) is 5.11 Å². The van der Waals surface area contributed by atoms with Gasteiger partial charge in [0.15, 0.2) is 0 Å². The van der Waals surface area contributed by atoms with Crippen LogP contribution in [0.4, 0.5) is 4.39 Å². The summed E-state index contributed by atoms with van der Waals surface area (Å²) in [5.74, 6) is 0.491. The van der Waals surface area contributed by atoms with Crippen LogP contribution in [0.2, 0.25) is 0 Å². The van der Waals surface area contributed by atoms with Gasteiger partial charge in [-0.2, -0.15) is 0 Å². The molecular formula is C17H19FO2. The maximum Gasteiger partial charge on any atom is 0.123 e. The molecule has 1 N–H and O–H groups in total. The van der Waals surface area contributed by atoms with Crippen molar-refractivity contribution in [2.75, 3.05) is 0 Å². The molecule has 0 saturated heterocycles. The molecule has 0 aliphatic rings. The molecule has 0 amide bonds. The molecule has 0 aromatic heterocycles. The summed E-state index contributed by atoms with van der Waals surface area (Å²) in [4.78, 5) is 0. The van der Waals surface area contributed by atoms with E-state index in [9.17, 15) is 9.50 Å². The average Bonchev–Trinajstić information content (AvgIpc) is 2.47. The Hall–Kier alpha value is -1.87. The monoisotopic (exact) mass is 274 g/mol. The van der Waals surface area contributed by atoms with Gasteiger partial charge in [0.2, 0.25) is 0 Å². The highest BCUT2D eigenvalue weighted by Gasteiger charge is 2.06. The van der Waals surface area contributed by atoms with E-state index >= 15 is 0 Å². The third kappa shape index (κ3) is 4.07. The minimum absolute atomic E-state index is 0.247. The zero-order valence-corrected chi connectivity index (χ0v) is 11.6. The maximum absolute atomic E-state index is 12.8. The number of ether oxygens (including phenoxy) is 1. The molecule has 0 aliphatic carbocycles. The highest BCUT2D eigenvalue weighted by Crippen LogP contribution is 2.21. The first kappa shape index (κ1) is 14.5. The molecule has 2 aromatic rings. The summed E-state index contributed by atoms with van der Waals surface area (Å²) in [5.41, 5.74) is 1.82. The lowest BCUT2D eigenvalue weighted by Gasteiger charge is -2.11. The number of aliphatic hydroxyl groups is 1. The summed E-state index contributed by atoms with van der Waals surface area (Å²) in [6, 6.07) is 13.7. The molecule has 106 valence electrons. The van der Waals surface area contributed by atoms with E-state index in [0.29, 0.717) is 6.61 Å². The molecular weight excluding hydrogens is 255 g/mol. The number of hydrogen-bond acceptors (Lipinski definition) is 2. The summed E-state index contributed by atoms with van der Waals surface area (Å²) in [7, 11) is 0. The maximum atomic E-state index is 12.8. The standard InChI is InChI=1S/C17H19FO2/c1-2-3-17(19)14-6-10-16(11-7-14)20-12-13-4-8-15(18)9-5-13/h4-11,17,19H,2-3,12H2,1H3. The first-order valence-electron chi connectivity index (χ1n) is 6.84. The van der Waals surface area contributed by atoms with Crippen molar-refractivity contribution in [1.29, 1.82) is 0 Å². The molecule has 0 fully saturated rings. The van der Waals surface area contributed by atoms with Crippen molar-refractivity contribution in [2.24, 2.45) is 0 Å². The van der Waals surface area contributed by atoms with E-state index in [-0.39, 0.29) is 5.82 Å². The fourth-order valence-corrected chi connectivity index (χ4v) is 1.97.